The van der Waals surface area contributed by atoms with Gasteiger partial charge >= 0.3 is 36.4 Å². The number of nitrogens with zero attached hydrogens (tertiary/aromatic N) is 3. The number of hydrogen-bond acceptors (Lipinski definition) is 6. The number of likely N-dealkylation sites (tertiary alicyclic amines) is 2. The summed E-state index contributed by atoms with van der Waals surface area (Å²) in [5.74, 6) is -7.24. The third-order valence-corrected chi connectivity index (χ3v) is 6.56. The second kappa shape index (κ2) is 15.4. The molecule has 9 nitrogen and oxygen atoms in total. The van der Waals surface area contributed by atoms with Crippen LogP contribution >= 0.6 is 0 Å². The molecule has 3 fully saturated rings. The Bertz CT molecular complexity index is 951. The predicted octanol–water partition coefficient (Wildman–Crippen LogP) is 4.82. The normalized spacial score (nSPS) is 18.9. The largest absolute Gasteiger partial charge is 0.490 e. The van der Waals surface area contributed by atoms with Crippen LogP contribution in [0.1, 0.15) is 44.1 Å². The van der Waals surface area contributed by atoms with Crippen molar-refractivity contribution < 1.29 is 69.2 Å². The lowest BCUT2D eigenvalue weighted by Gasteiger charge is -2.45. The Labute approximate surface area is 233 Å². The van der Waals surface area contributed by atoms with Crippen LogP contribution in [0.2, 0.25) is 0 Å². The van der Waals surface area contributed by atoms with Gasteiger partial charge in [-0.05, 0) is 62.6 Å². The molecule has 3 aliphatic rings. The Kier molecular flexibility index (Phi) is 13.5. The Morgan fingerprint density at radius 2 is 1.26 bits per heavy atom. The SMILES string of the molecule is O=C(O)C(F)(F)F.O=C(O)C(F)(F)F.O=C(O)C(F)(F)F.c1cncc(CN2CCC3(CCCN3CC3CC3)CC2)c1. The number of halogens is 9. The summed E-state index contributed by atoms with van der Waals surface area (Å²) >= 11 is 0. The first-order valence-electron chi connectivity index (χ1n) is 12.4. The van der Waals surface area contributed by atoms with Crippen molar-refractivity contribution in [1.29, 1.82) is 0 Å². The molecule has 240 valence electrons. The highest BCUT2D eigenvalue weighted by atomic mass is 19.4. The molecule has 42 heavy (non-hydrogen) atoms. The van der Waals surface area contributed by atoms with E-state index in [0.717, 1.165) is 12.5 Å². The molecule has 3 heterocycles. The maximum absolute atomic E-state index is 10.6. The average Bonchev–Trinajstić information content (AvgIpc) is 3.61. The maximum atomic E-state index is 10.6. The summed E-state index contributed by atoms with van der Waals surface area (Å²) in [6, 6.07) is 4.25. The van der Waals surface area contributed by atoms with Gasteiger partial charge in [-0.3, -0.25) is 14.8 Å². The first-order chi connectivity index (χ1) is 19.2. The first kappa shape index (κ1) is 36.9. The van der Waals surface area contributed by atoms with Crippen molar-refractivity contribution >= 4 is 17.9 Å². The molecule has 1 aromatic rings. The average molecular weight is 628 g/mol. The highest BCUT2D eigenvalue weighted by Crippen LogP contribution is 2.42. The summed E-state index contributed by atoms with van der Waals surface area (Å²) in [5, 5.41) is 21.4. The molecule has 0 radical (unpaired) electrons. The number of piperidine rings is 1. The van der Waals surface area contributed by atoms with Crippen LogP contribution in [-0.2, 0) is 20.9 Å². The monoisotopic (exact) mass is 627 g/mol. The lowest BCUT2D eigenvalue weighted by atomic mass is 9.84. The molecule has 0 bridgehead atoms. The van der Waals surface area contributed by atoms with Crippen molar-refractivity contribution in [2.24, 2.45) is 5.92 Å². The number of aromatic nitrogens is 1. The second-order valence-corrected chi connectivity index (χ2v) is 9.76. The van der Waals surface area contributed by atoms with E-state index in [1.54, 1.807) is 0 Å². The van der Waals surface area contributed by atoms with Crippen LogP contribution < -0.4 is 0 Å². The molecule has 4 rings (SSSR count). The quantitative estimate of drug-likeness (QED) is 0.402. The van der Waals surface area contributed by atoms with Crippen LogP contribution in [0, 0.1) is 5.92 Å². The van der Waals surface area contributed by atoms with E-state index in [1.165, 1.54) is 70.3 Å². The van der Waals surface area contributed by atoms with Crippen LogP contribution in [0.3, 0.4) is 0 Å². The molecule has 1 aliphatic carbocycles. The van der Waals surface area contributed by atoms with Crippen molar-refractivity contribution in [3.05, 3.63) is 30.1 Å². The number of alkyl halides is 9. The number of carboxylic acids is 3. The molecule has 2 saturated heterocycles. The van der Waals surface area contributed by atoms with Gasteiger partial charge in [-0.25, -0.2) is 14.4 Å². The first-order valence-corrected chi connectivity index (χ1v) is 12.4. The summed E-state index contributed by atoms with van der Waals surface area (Å²) in [6.07, 6.45) is -2.78. The summed E-state index contributed by atoms with van der Waals surface area (Å²) in [5.41, 5.74) is 1.92. The van der Waals surface area contributed by atoms with Gasteiger partial charge in [-0.1, -0.05) is 6.07 Å². The van der Waals surface area contributed by atoms with E-state index in [1.807, 2.05) is 12.4 Å². The van der Waals surface area contributed by atoms with Crippen LogP contribution in [0.4, 0.5) is 39.5 Å². The number of hydrogen-bond donors (Lipinski definition) is 3. The molecule has 1 aromatic heterocycles. The number of pyridine rings is 1. The molecule has 0 aromatic carbocycles. The number of aliphatic carboxylic acids is 3. The van der Waals surface area contributed by atoms with E-state index in [2.05, 4.69) is 26.9 Å². The number of carboxylic acid groups (broad SMARTS) is 3. The summed E-state index contributed by atoms with van der Waals surface area (Å²) in [6.45, 7) is 6.35. The number of carbonyl (C=O) groups is 3. The van der Waals surface area contributed by atoms with Crippen molar-refractivity contribution in [3.63, 3.8) is 0 Å². The van der Waals surface area contributed by atoms with E-state index < -0.39 is 36.4 Å². The van der Waals surface area contributed by atoms with Crippen LogP contribution in [0.25, 0.3) is 0 Å². The van der Waals surface area contributed by atoms with Gasteiger partial charge in [0, 0.05) is 44.1 Å². The Hall–Kier alpha value is -3.15. The fourth-order valence-electron chi connectivity index (χ4n) is 4.33. The van der Waals surface area contributed by atoms with E-state index in [-0.39, 0.29) is 0 Å². The smallest absolute Gasteiger partial charge is 0.475 e. The minimum atomic E-state index is -5.08. The third-order valence-electron chi connectivity index (χ3n) is 6.56. The highest BCUT2D eigenvalue weighted by molar-refractivity contribution is 5.73. The van der Waals surface area contributed by atoms with Gasteiger partial charge in [-0.15, -0.1) is 0 Å². The van der Waals surface area contributed by atoms with E-state index in [0.29, 0.717) is 5.54 Å². The zero-order valence-corrected chi connectivity index (χ0v) is 22.0. The summed E-state index contributed by atoms with van der Waals surface area (Å²) < 4.78 is 95.2. The molecule has 0 amide bonds. The van der Waals surface area contributed by atoms with Crippen molar-refractivity contribution in [1.82, 2.24) is 14.8 Å². The van der Waals surface area contributed by atoms with Gasteiger partial charge in [0.1, 0.15) is 0 Å². The van der Waals surface area contributed by atoms with Crippen LogP contribution in [-0.4, -0.2) is 98.3 Å². The third kappa shape index (κ3) is 13.7. The minimum absolute atomic E-state index is 0.564. The Morgan fingerprint density at radius 3 is 1.62 bits per heavy atom. The summed E-state index contributed by atoms with van der Waals surface area (Å²) in [4.78, 5) is 36.4. The number of rotatable bonds is 4. The lowest BCUT2D eigenvalue weighted by molar-refractivity contribution is -0.193. The maximum Gasteiger partial charge on any atom is 0.490 e. The van der Waals surface area contributed by atoms with E-state index in [9.17, 15) is 39.5 Å². The second-order valence-electron chi connectivity index (χ2n) is 9.76. The van der Waals surface area contributed by atoms with Gasteiger partial charge in [0.05, 0.1) is 0 Å². The zero-order valence-electron chi connectivity index (χ0n) is 22.0. The van der Waals surface area contributed by atoms with E-state index in [4.69, 9.17) is 29.7 Å². The van der Waals surface area contributed by atoms with Crippen LogP contribution in [0.15, 0.2) is 24.5 Å². The standard InChI is InChI=1S/C18H27N3.3C2HF3O2/c1-3-17(13-19-9-1)14-20-11-7-18(8-12-20)6-2-10-21(18)15-16-4-5-16;3*3-2(4,5)1(6)7/h1,3,9,13,16H,2,4-8,10-12,14-15H2;3*(H,6,7). The molecule has 18 heteroatoms. The van der Waals surface area contributed by atoms with Gasteiger partial charge in [0.2, 0.25) is 0 Å². The van der Waals surface area contributed by atoms with Crippen molar-refractivity contribution in [2.75, 3.05) is 26.2 Å². The zero-order chi connectivity index (χ0) is 32.4. The highest BCUT2D eigenvalue weighted by Gasteiger charge is 2.44. The van der Waals surface area contributed by atoms with Gasteiger partial charge in [0.15, 0.2) is 0 Å². The molecule has 0 unspecified atom stereocenters. The van der Waals surface area contributed by atoms with Gasteiger partial charge in [0.25, 0.3) is 0 Å². The van der Waals surface area contributed by atoms with Gasteiger partial charge in [-0.2, -0.15) is 39.5 Å². The molecular formula is C24H30F9N3O6. The van der Waals surface area contributed by atoms with Gasteiger partial charge < -0.3 is 15.3 Å². The molecule has 3 N–H and O–H groups in total. The molecule has 1 spiro atoms. The lowest BCUT2D eigenvalue weighted by Crippen LogP contribution is -2.52. The molecule has 1 saturated carbocycles. The van der Waals surface area contributed by atoms with E-state index >= 15 is 0 Å². The summed E-state index contributed by atoms with van der Waals surface area (Å²) in [7, 11) is 0. The fourth-order valence-corrected chi connectivity index (χ4v) is 4.33. The van der Waals surface area contributed by atoms with Crippen LogP contribution in [0.5, 0.6) is 0 Å². The van der Waals surface area contributed by atoms with Crippen molar-refractivity contribution in [2.45, 2.75) is 69.1 Å². The molecule has 2 aliphatic heterocycles. The Balaban J connectivity index is 0.000000348. The fraction of sp³-hybridized carbons (Fsp3) is 0.667. The van der Waals surface area contributed by atoms with Crippen molar-refractivity contribution in [3.8, 4) is 0 Å². The minimum Gasteiger partial charge on any atom is -0.475 e. The Morgan fingerprint density at radius 1 is 0.810 bits per heavy atom. The predicted molar refractivity (Wildman–Crippen MR) is 126 cm³/mol. The topological polar surface area (TPSA) is 131 Å². The molecular weight excluding hydrogens is 597 g/mol. The molecule has 0 atom stereocenters.